The Kier molecular flexibility index (Phi) is 4.96. The van der Waals surface area contributed by atoms with Gasteiger partial charge < -0.3 is 5.32 Å². The molecule has 1 aliphatic heterocycles. The van der Waals surface area contributed by atoms with Crippen LogP contribution in [-0.4, -0.2) is 31.7 Å². The number of hydrogen-bond donors (Lipinski definition) is 1. The Labute approximate surface area is 150 Å². The van der Waals surface area contributed by atoms with E-state index in [-0.39, 0.29) is 15.8 Å². The summed E-state index contributed by atoms with van der Waals surface area (Å²) in [6.07, 6.45) is 1.70. The summed E-state index contributed by atoms with van der Waals surface area (Å²) in [5, 5.41) is 2.89. The van der Waals surface area contributed by atoms with Gasteiger partial charge in [0.2, 0.25) is 10.0 Å². The third-order valence-electron chi connectivity index (χ3n) is 3.84. The zero-order valence-corrected chi connectivity index (χ0v) is 15.5. The minimum Gasteiger partial charge on any atom is -0.321 e. The van der Waals surface area contributed by atoms with Crippen molar-refractivity contribution in [3.63, 3.8) is 0 Å². The average molecular weight is 385 g/mol. The highest BCUT2D eigenvalue weighted by atomic mass is 35.5. The molecule has 128 valence electrons. The second-order valence-electron chi connectivity index (χ2n) is 5.62. The first kappa shape index (κ1) is 17.4. The number of aryl methyl sites for hydroxylation is 1. The first-order valence-electron chi connectivity index (χ1n) is 7.55. The summed E-state index contributed by atoms with van der Waals surface area (Å²) in [4.78, 5) is 13.9. The number of sulfonamides is 1. The summed E-state index contributed by atoms with van der Waals surface area (Å²) < 4.78 is 26.8. The lowest BCUT2D eigenvalue weighted by atomic mass is 10.3. The molecule has 3 rings (SSSR count). The maximum absolute atomic E-state index is 12.7. The van der Waals surface area contributed by atoms with E-state index in [1.807, 2.05) is 13.0 Å². The molecule has 0 atom stereocenters. The molecular formula is C16H17ClN2O3S2. The van der Waals surface area contributed by atoms with E-state index in [0.29, 0.717) is 23.7 Å². The number of hydrogen-bond acceptors (Lipinski definition) is 4. The van der Waals surface area contributed by atoms with Crippen molar-refractivity contribution < 1.29 is 13.2 Å². The molecule has 0 radical (unpaired) electrons. The van der Waals surface area contributed by atoms with E-state index in [0.717, 1.165) is 17.7 Å². The molecule has 1 aromatic carbocycles. The molecule has 0 bridgehead atoms. The van der Waals surface area contributed by atoms with Crippen molar-refractivity contribution in [1.82, 2.24) is 4.31 Å². The molecule has 1 N–H and O–H groups in total. The summed E-state index contributed by atoms with van der Waals surface area (Å²) in [6, 6.07) is 8.13. The molecule has 2 heterocycles. The summed E-state index contributed by atoms with van der Waals surface area (Å²) in [6.45, 7) is 2.93. The fourth-order valence-electron chi connectivity index (χ4n) is 2.60. The smallest absolute Gasteiger partial charge is 0.265 e. The van der Waals surface area contributed by atoms with Gasteiger partial charge in [0.15, 0.2) is 0 Å². The number of halogens is 1. The second-order valence-corrected chi connectivity index (χ2v) is 9.22. The molecule has 2 aromatic rings. The number of amides is 1. The van der Waals surface area contributed by atoms with Crippen LogP contribution in [0.4, 0.5) is 5.69 Å². The Bertz CT molecular complexity index is 871. The maximum Gasteiger partial charge on any atom is 0.265 e. The van der Waals surface area contributed by atoms with E-state index in [9.17, 15) is 13.2 Å². The fraction of sp³-hybridized carbons (Fsp3) is 0.312. The van der Waals surface area contributed by atoms with Gasteiger partial charge in [0.25, 0.3) is 5.91 Å². The van der Waals surface area contributed by atoms with E-state index in [2.05, 4.69) is 5.32 Å². The SMILES string of the molecule is Cc1ccc(C(=O)Nc2ccc(Cl)c(S(=O)(=O)N3CCCC3)c2)s1. The zero-order chi connectivity index (χ0) is 17.3. The van der Waals surface area contributed by atoms with Crippen LogP contribution in [-0.2, 0) is 10.0 Å². The van der Waals surface area contributed by atoms with Crippen LogP contribution in [0.25, 0.3) is 0 Å². The molecule has 0 saturated carbocycles. The number of carbonyl (C=O) groups excluding carboxylic acids is 1. The fourth-order valence-corrected chi connectivity index (χ4v) is 5.38. The van der Waals surface area contributed by atoms with Gasteiger partial charge in [0, 0.05) is 23.7 Å². The molecule has 1 fully saturated rings. The number of nitrogens with zero attached hydrogens (tertiary/aromatic N) is 1. The molecule has 24 heavy (non-hydrogen) atoms. The monoisotopic (exact) mass is 384 g/mol. The van der Waals surface area contributed by atoms with E-state index in [1.165, 1.54) is 27.8 Å². The van der Waals surface area contributed by atoms with Gasteiger partial charge in [0.05, 0.1) is 9.90 Å². The highest BCUT2D eigenvalue weighted by Crippen LogP contribution is 2.30. The molecule has 5 nitrogen and oxygen atoms in total. The standard InChI is InChI=1S/C16H17ClN2O3S2/c1-11-4-7-14(23-11)16(20)18-12-5-6-13(17)15(10-12)24(21,22)19-8-2-3-9-19/h4-7,10H,2-3,8-9H2,1H3,(H,18,20). The number of nitrogens with one attached hydrogen (secondary N) is 1. The quantitative estimate of drug-likeness (QED) is 0.872. The number of rotatable bonds is 4. The van der Waals surface area contributed by atoms with Crippen LogP contribution in [0.15, 0.2) is 35.2 Å². The largest absolute Gasteiger partial charge is 0.321 e. The zero-order valence-electron chi connectivity index (χ0n) is 13.1. The molecule has 1 aliphatic rings. The number of thiophene rings is 1. The Morgan fingerprint density at radius 3 is 2.54 bits per heavy atom. The van der Waals surface area contributed by atoms with Gasteiger partial charge in [-0.25, -0.2) is 8.42 Å². The number of benzene rings is 1. The lowest BCUT2D eigenvalue weighted by molar-refractivity contribution is 0.103. The Hall–Kier alpha value is -1.41. The molecule has 0 aliphatic carbocycles. The average Bonchev–Trinajstić information content (AvgIpc) is 3.20. The van der Waals surface area contributed by atoms with Gasteiger partial charge in [-0.3, -0.25) is 4.79 Å². The first-order chi connectivity index (χ1) is 11.4. The molecule has 1 saturated heterocycles. The summed E-state index contributed by atoms with van der Waals surface area (Å²) in [5.41, 5.74) is 0.410. The van der Waals surface area contributed by atoms with Gasteiger partial charge in [-0.2, -0.15) is 4.31 Å². The molecule has 1 amide bonds. The predicted molar refractivity (Wildman–Crippen MR) is 96.5 cm³/mol. The molecule has 0 unspecified atom stereocenters. The van der Waals surface area contributed by atoms with Crippen molar-refractivity contribution in [2.24, 2.45) is 0 Å². The Morgan fingerprint density at radius 2 is 1.92 bits per heavy atom. The van der Waals surface area contributed by atoms with Crippen LogP contribution in [0.1, 0.15) is 27.4 Å². The van der Waals surface area contributed by atoms with Crippen molar-refractivity contribution in [3.05, 3.63) is 45.1 Å². The van der Waals surface area contributed by atoms with Crippen LogP contribution in [0.5, 0.6) is 0 Å². The summed E-state index contributed by atoms with van der Waals surface area (Å²) >= 11 is 7.48. The molecule has 8 heteroatoms. The van der Waals surface area contributed by atoms with E-state index < -0.39 is 10.0 Å². The van der Waals surface area contributed by atoms with Crippen LogP contribution in [0.3, 0.4) is 0 Å². The van der Waals surface area contributed by atoms with Gasteiger partial charge >= 0.3 is 0 Å². The topological polar surface area (TPSA) is 66.5 Å². The highest BCUT2D eigenvalue weighted by Gasteiger charge is 2.29. The predicted octanol–water partition coefficient (Wildman–Crippen LogP) is 3.75. The van der Waals surface area contributed by atoms with Gasteiger partial charge in [-0.05, 0) is 50.1 Å². The van der Waals surface area contributed by atoms with Crippen LogP contribution in [0.2, 0.25) is 5.02 Å². The summed E-state index contributed by atoms with van der Waals surface area (Å²) in [5.74, 6) is -0.264. The minimum atomic E-state index is -3.64. The van der Waals surface area contributed by atoms with Gasteiger partial charge in [-0.15, -0.1) is 11.3 Å². The third-order valence-corrected chi connectivity index (χ3v) is 7.22. The Morgan fingerprint density at radius 1 is 1.21 bits per heavy atom. The third kappa shape index (κ3) is 3.49. The first-order valence-corrected chi connectivity index (χ1v) is 10.2. The van der Waals surface area contributed by atoms with Crippen LogP contribution < -0.4 is 5.32 Å². The van der Waals surface area contributed by atoms with Crippen LogP contribution >= 0.6 is 22.9 Å². The van der Waals surface area contributed by atoms with Crippen molar-refractivity contribution >= 4 is 44.6 Å². The van der Waals surface area contributed by atoms with Crippen LogP contribution in [0, 0.1) is 6.92 Å². The van der Waals surface area contributed by atoms with Crippen molar-refractivity contribution in [1.29, 1.82) is 0 Å². The molecular weight excluding hydrogens is 368 g/mol. The lowest BCUT2D eigenvalue weighted by Gasteiger charge is -2.17. The highest BCUT2D eigenvalue weighted by molar-refractivity contribution is 7.89. The maximum atomic E-state index is 12.7. The Balaban J connectivity index is 1.87. The van der Waals surface area contributed by atoms with Crippen molar-refractivity contribution in [2.75, 3.05) is 18.4 Å². The van der Waals surface area contributed by atoms with E-state index in [4.69, 9.17) is 11.6 Å². The number of anilines is 1. The van der Waals surface area contributed by atoms with Crippen molar-refractivity contribution in [3.8, 4) is 0 Å². The summed E-state index contributed by atoms with van der Waals surface area (Å²) in [7, 11) is -3.64. The minimum absolute atomic E-state index is 0.0335. The molecule has 0 spiro atoms. The number of carbonyl (C=O) groups is 1. The van der Waals surface area contributed by atoms with Crippen molar-refractivity contribution in [2.45, 2.75) is 24.7 Å². The van der Waals surface area contributed by atoms with E-state index >= 15 is 0 Å². The molecule has 1 aromatic heterocycles. The second kappa shape index (κ2) is 6.84. The van der Waals surface area contributed by atoms with Gasteiger partial charge in [0.1, 0.15) is 4.90 Å². The van der Waals surface area contributed by atoms with Gasteiger partial charge in [-0.1, -0.05) is 11.6 Å². The lowest BCUT2D eigenvalue weighted by Crippen LogP contribution is -2.28. The normalized spacial score (nSPS) is 15.6. The van der Waals surface area contributed by atoms with E-state index in [1.54, 1.807) is 12.1 Å².